The maximum Gasteiger partial charge on any atom is 0.233 e. The Morgan fingerprint density at radius 1 is 1.00 bits per heavy atom. The number of fused-ring (bicyclic) bond motifs is 1. The van der Waals surface area contributed by atoms with Crippen molar-refractivity contribution in [2.24, 2.45) is 0 Å². The molecule has 3 rings (SSSR count). The number of anilines is 2. The van der Waals surface area contributed by atoms with E-state index in [0.717, 1.165) is 0 Å². The minimum Gasteiger partial charge on any atom is -0.489 e. The molecule has 0 aliphatic carbocycles. The first-order valence-corrected chi connectivity index (χ1v) is 8.76. The Kier molecular flexibility index (Phi) is 5.80. The lowest BCUT2D eigenvalue weighted by atomic mass is 10.2. The fourth-order valence-corrected chi connectivity index (χ4v) is 2.59. The molecule has 1 aliphatic rings. The largest absolute Gasteiger partial charge is 0.489 e. The summed E-state index contributed by atoms with van der Waals surface area (Å²) in [6.07, 6.45) is -0.341. The second-order valence-electron chi connectivity index (χ2n) is 6.29. The first-order chi connectivity index (χ1) is 13.0. The van der Waals surface area contributed by atoms with E-state index in [9.17, 15) is 9.59 Å². The molecule has 7 nitrogen and oxygen atoms in total. The molecule has 142 valence electrons. The van der Waals surface area contributed by atoms with Crippen LogP contribution in [0.25, 0.3) is 0 Å². The molecule has 2 N–H and O–H groups in total. The van der Waals surface area contributed by atoms with E-state index in [1.807, 2.05) is 19.9 Å². The average molecular weight is 370 g/mol. The molecule has 0 saturated heterocycles. The van der Waals surface area contributed by atoms with Gasteiger partial charge in [-0.2, -0.15) is 0 Å². The molecule has 1 heterocycles. The molecule has 27 heavy (non-hydrogen) atoms. The summed E-state index contributed by atoms with van der Waals surface area (Å²) in [5.41, 5.74) is 1.07. The Morgan fingerprint density at radius 3 is 2.48 bits per heavy atom. The summed E-state index contributed by atoms with van der Waals surface area (Å²) < 4.78 is 16.6. The average Bonchev–Trinajstić information content (AvgIpc) is 2.62. The molecule has 0 bridgehead atoms. The van der Waals surface area contributed by atoms with E-state index >= 15 is 0 Å². The van der Waals surface area contributed by atoms with Crippen LogP contribution in [0.3, 0.4) is 0 Å². The Balaban J connectivity index is 1.58. The highest BCUT2D eigenvalue weighted by Crippen LogP contribution is 2.32. The molecule has 0 unspecified atom stereocenters. The minimum absolute atomic E-state index is 0.0263. The summed E-state index contributed by atoms with van der Waals surface area (Å²) in [5, 5.41) is 5.40. The number of nitrogens with one attached hydrogen (secondary N) is 2. The molecule has 0 saturated carbocycles. The smallest absolute Gasteiger partial charge is 0.233 e. The van der Waals surface area contributed by atoms with Crippen molar-refractivity contribution in [3.8, 4) is 17.2 Å². The lowest BCUT2D eigenvalue weighted by Gasteiger charge is -2.19. The van der Waals surface area contributed by atoms with Crippen molar-refractivity contribution in [3.63, 3.8) is 0 Å². The lowest BCUT2D eigenvalue weighted by molar-refractivity contribution is -0.123. The van der Waals surface area contributed by atoms with Crippen LogP contribution in [0.5, 0.6) is 17.2 Å². The van der Waals surface area contributed by atoms with Gasteiger partial charge >= 0.3 is 0 Å². The van der Waals surface area contributed by atoms with Crippen LogP contribution in [-0.4, -0.2) is 31.1 Å². The van der Waals surface area contributed by atoms with Gasteiger partial charge in [0.15, 0.2) is 11.5 Å². The first kappa shape index (κ1) is 18.6. The normalized spacial score (nSPS) is 12.4. The number of amides is 2. The number of benzene rings is 2. The van der Waals surface area contributed by atoms with Gasteiger partial charge in [-0.05, 0) is 38.1 Å². The summed E-state index contributed by atoms with van der Waals surface area (Å²) >= 11 is 0. The highest BCUT2D eigenvalue weighted by molar-refractivity contribution is 6.08. The van der Waals surface area contributed by atoms with Gasteiger partial charge in [-0.1, -0.05) is 12.1 Å². The fourth-order valence-electron chi connectivity index (χ4n) is 2.59. The predicted molar refractivity (Wildman–Crippen MR) is 102 cm³/mol. The van der Waals surface area contributed by atoms with Crippen LogP contribution in [-0.2, 0) is 9.59 Å². The number of rotatable bonds is 6. The van der Waals surface area contributed by atoms with E-state index < -0.39 is 11.8 Å². The third-order valence-electron chi connectivity index (χ3n) is 3.67. The molecule has 0 atom stereocenters. The molecule has 2 amide bonds. The molecule has 2 aromatic rings. The number of para-hydroxylation sites is 2. The van der Waals surface area contributed by atoms with Crippen molar-refractivity contribution in [1.29, 1.82) is 0 Å². The van der Waals surface area contributed by atoms with Crippen LogP contribution < -0.4 is 24.8 Å². The van der Waals surface area contributed by atoms with Gasteiger partial charge in [-0.3, -0.25) is 9.59 Å². The molecule has 2 aromatic carbocycles. The van der Waals surface area contributed by atoms with E-state index in [-0.39, 0.29) is 12.5 Å². The van der Waals surface area contributed by atoms with Gasteiger partial charge in [0.1, 0.15) is 25.4 Å². The monoisotopic (exact) mass is 370 g/mol. The van der Waals surface area contributed by atoms with Crippen LogP contribution >= 0.6 is 0 Å². The van der Waals surface area contributed by atoms with Crippen molar-refractivity contribution in [3.05, 3.63) is 42.5 Å². The van der Waals surface area contributed by atoms with Crippen LogP contribution in [0.15, 0.2) is 42.5 Å². The molecule has 0 aromatic heterocycles. The molecule has 0 radical (unpaired) electrons. The number of hydrogen-bond donors (Lipinski definition) is 2. The zero-order valence-corrected chi connectivity index (χ0v) is 15.3. The predicted octanol–water partition coefficient (Wildman–Crippen LogP) is 3.21. The summed E-state index contributed by atoms with van der Waals surface area (Å²) in [4.78, 5) is 24.4. The molecule has 0 fully saturated rings. The molecular formula is C20H22N2O5. The highest BCUT2D eigenvalue weighted by atomic mass is 16.6. The summed E-state index contributed by atoms with van der Waals surface area (Å²) in [5.74, 6) is 0.923. The number of hydrogen-bond acceptors (Lipinski definition) is 5. The topological polar surface area (TPSA) is 85.9 Å². The van der Waals surface area contributed by atoms with Gasteiger partial charge in [0.05, 0.1) is 11.8 Å². The van der Waals surface area contributed by atoms with E-state index in [1.165, 1.54) is 0 Å². The maximum absolute atomic E-state index is 12.2. The standard InChI is InChI=1S/C20H22N2O5/c1-13(2)27-16-6-4-3-5-15(16)22-20(24)12-19(23)21-14-7-8-17-18(11-14)26-10-9-25-17/h3-8,11,13H,9-10,12H2,1-2H3,(H,21,23)(H,22,24). The van der Waals surface area contributed by atoms with E-state index in [4.69, 9.17) is 14.2 Å². The molecular weight excluding hydrogens is 348 g/mol. The number of carbonyl (C=O) groups excluding carboxylic acids is 2. The Labute approximate surface area is 157 Å². The SMILES string of the molecule is CC(C)Oc1ccccc1NC(=O)CC(=O)Nc1ccc2c(c1)OCCO2. The second-order valence-corrected chi connectivity index (χ2v) is 6.29. The van der Waals surface area contributed by atoms with Crippen molar-refractivity contribution >= 4 is 23.2 Å². The van der Waals surface area contributed by atoms with Gasteiger partial charge < -0.3 is 24.8 Å². The van der Waals surface area contributed by atoms with Gasteiger partial charge in [0.2, 0.25) is 11.8 Å². The van der Waals surface area contributed by atoms with Gasteiger partial charge in [0, 0.05) is 11.8 Å². The van der Waals surface area contributed by atoms with Crippen LogP contribution in [0.1, 0.15) is 20.3 Å². The number of ether oxygens (including phenoxy) is 3. The Bertz CT molecular complexity index is 835. The fraction of sp³-hybridized carbons (Fsp3) is 0.300. The zero-order valence-electron chi connectivity index (χ0n) is 15.3. The third kappa shape index (κ3) is 5.13. The minimum atomic E-state index is -0.426. The third-order valence-corrected chi connectivity index (χ3v) is 3.67. The van der Waals surface area contributed by atoms with Gasteiger partial charge in [-0.25, -0.2) is 0 Å². The quantitative estimate of drug-likeness (QED) is 0.763. The van der Waals surface area contributed by atoms with Crippen molar-refractivity contribution in [1.82, 2.24) is 0 Å². The summed E-state index contributed by atoms with van der Waals surface area (Å²) in [6.45, 7) is 4.77. The van der Waals surface area contributed by atoms with Crippen LogP contribution in [0, 0.1) is 0 Å². The molecule has 0 spiro atoms. The van der Waals surface area contributed by atoms with Gasteiger partial charge in [0.25, 0.3) is 0 Å². The number of carbonyl (C=O) groups is 2. The van der Waals surface area contributed by atoms with E-state index in [2.05, 4.69) is 10.6 Å². The van der Waals surface area contributed by atoms with Crippen molar-refractivity contribution < 1.29 is 23.8 Å². The Morgan fingerprint density at radius 2 is 1.70 bits per heavy atom. The van der Waals surface area contributed by atoms with Crippen LogP contribution in [0.4, 0.5) is 11.4 Å². The molecule has 7 heteroatoms. The van der Waals surface area contributed by atoms with E-state index in [0.29, 0.717) is 41.8 Å². The van der Waals surface area contributed by atoms with Crippen molar-refractivity contribution in [2.75, 3.05) is 23.8 Å². The summed E-state index contributed by atoms with van der Waals surface area (Å²) in [6, 6.07) is 12.2. The Hall–Kier alpha value is -3.22. The maximum atomic E-state index is 12.2. The first-order valence-electron chi connectivity index (χ1n) is 8.76. The van der Waals surface area contributed by atoms with Gasteiger partial charge in [-0.15, -0.1) is 0 Å². The van der Waals surface area contributed by atoms with Crippen LogP contribution in [0.2, 0.25) is 0 Å². The second kappa shape index (κ2) is 8.44. The summed E-state index contributed by atoms with van der Waals surface area (Å²) in [7, 11) is 0. The van der Waals surface area contributed by atoms with Crippen molar-refractivity contribution in [2.45, 2.75) is 26.4 Å². The van der Waals surface area contributed by atoms with E-state index in [1.54, 1.807) is 36.4 Å². The molecule has 1 aliphatic heterocycles. The highest BCUT2D eigenvalue weighted by Gasteiger charge is 2.15. The zero-order chi connectivity index (χ0) is 19.2. The lowest BCUT2D eigenvalue weighted by Crippen LogP contribution is -2.22.